The lowest BCUT2D eigenvalue weighted by Gasteiger charge is -2.14. The fourth-order valence-electron chi connectivity index (χ4n) is 4.71. The third-order valence-corrected chi connectivity index (χ3v) is 7.26. The molecule has 0 N–H and O–H groups in total. The molecule has 0 bridgehead atoms. The molecular formula is C35H48N2O3. The van der Waals surface area contributed by atoms with Crippen LogP contribution in [0.1, 0.15) is 103 Å². The Morgan fingerprint density at radius 1 is 0.675 bits per heavy atom. The lowest BCUT2D eigenvalue weighted by atomic mass is 10.0. The number of aryl methyl sites for hydroxylation is 1. The average Bonchev–Trinajstić information content (AvgIpc) is 2.99. The average molecular weight is 545 g/mol. The Bertz CT molecular complexity index is 1090. The van der Waals surface area contributed by atoms with E-state index in [-0.39, 0.29) is 5.97 Å². The van der Waals surface area contributed by atoms with Crippen LogP contribution in [0.25, 0.3) is 22.5 Å². The molecule has 3 aromatic rings. The van der Waals surface area contributed by atoms with Crippen LogP contribution in [0.5, 0.6) is 5.75 Å². The molecule has 0 saturated carbocycles. The molecule has 0 saturated heterocycles. The molecule has 40 heavy (non-hydrogen) atoms. The Kier molecular flexibility index (Phi) is 14.2. The SMILES string of the molecule is CCCCCCCCCCCc1ccc(-c2cnc(-c3ccc(OC(C)C(=O)OCCCCC)cc3)nc2)cc1. The summed E-state index contributed by atoms with van der Waals surface area (Å²) in [5, 5.41) is 0. The summed E-state index contributed by atoms with van der Waals surface area (Å²) in [6.07, 6.45) is 19.5. The molecule has 1 atom stereocenters. The van der Waals surface area contributed by atoms with E-state index in [1.807, 2.05) is 36.7 Å². The molecule has 0 spiro atoms. The van der Waals surface area contributed by atoms with Gasteiger partial charge in [0.05, 0.1) is 6.61 Å². The standard InChI is InChI=1S/C35H48N2O3/c1-4-6-8-9-10-11-12-13-14-16-29-17-19-30(20-18-29)32-26-36-34(37-27-32)31-21-23-33(24-22-31)40-28(3)35(38)39-25-15-7-5-2/h17-24,26-28H,4-16,25H2,1-3H3. The Morgan fingerprint density at radius 3 is 1.85 bits per heavy atom. The summed E-state index contributed by atoms with van der Waals surface area (Å²) in [5.74, 6) is 0.928. The molecule has 2 aromatic carbocycles. The molecule has 216 valence electrons. The van der Waals surface area contributed by atoms with E-state index in [1.54, 1.807) is 6.92 Å². The van der Waals surface area contributed by atoms with E-state index >= 15 is 0 Å². The second-order valence-electron chi connectivity index (χ2n) is 10.7. The fourth-order valence-corrected chi connectivity index (χ4v) is 4.71. The van der Waals surface area contributed by atoms with Gasteiger partial charge in [-0.1, -0.05) is 102 Å². The summed E-state index contributed by atoms with van der Waals surface area (Å²) in [6.45, 7) is 6.54. The number of hydrogen-bond donors (Lipinski definition) is 0. The molecule has 1 unspecified atom stereocenters. The lowest BCUT2D eigenvalue weighted by molar-refractivity contribution is -0.151. The van der Waals surface area contributed by atoms with Gasteiger partial charge < -0.3 is 9.47 Å². The van der Waals surface area contributed by atoms with Crippen LogP contribution in [0.15, 0.2) is 60.9 Å². The fraction of sp³-hybridized carbons (Fsp3) is 0.514. The third-order valence-electron chi connectivity index (χ3n) is 7.26. The molecule has 3 rings (SSSR count). The van der Waals surface area contributed by atoms with Crippen LogP contribution in [0.4, 0.5) is 0 Å². The second-order valence-corrected chi connectivity index (χ2v) is 10.7. The van der Waals surface area contributed by atoms with Crippen molar-refractivity contribution in [2.24, 2.45) is 0 Å². The Labute approximate surface area is 241 Å². The number of carbonyl (C=O) groups excluding carboxylic acids is 1. The van der Waals surface area contributed by atoms with E-state index in [1.165, 1.54) is 63.4 Å². The van der Waals surface area contributed by atoms with Crippen molar-refractivity contribution < 1.29 is 14.3 Å². The smallest absolute Gasteiger partial charge is 0.347 e. The lowest BCUT2D eigenvalue weighted by Crippen LogP contribution is -2.26. The maximum atomic E-state index is 12.1. The molecule has 0 aliphatic heterocycles. The molecule has 1 aromatic heterocycles. The number of aromatic nitrogens is 2. The van der Waals surface area contributed by atoms with Gasteiger partial charge in [0.2, 0.25) is 0 Å². The van der Waals surface area contributed by atoms with Gasteiger partial charge in [-0.15, -0.1) is 0 Å². The first-order chi connectivity index (χ1) is 19.6. The van der Waals surface area contributed by atoms with Gasteiger partial charge in [0.1, 0.15) is 5.75 Å². The quantitative estimate of drug-likeness (QED) is 0.111. The number of unbranched alkanes of at least 4 members (excludes halogenated alkanes) is 10. The zero-order valence-corrected chi connectivity index (χ0v) is 24.9. The van der Waals surface area contributed by atoms with Crippen LogP contribution < -0.4 is 4.74 Å². The Hall–Kier alpha value is -3.21. The van der Waals surface area contributed by atoms with E-state index in [4.69, 9.17) is 9.47 Å². The molecule has 0 aliphatic carbocycles. The van der Waals surface area contributed by atoms with Gasteiger partial charge in [0, 0.05) is 23.5 Å². The van der Waals surface area contributed by atoms with Gasteiger partial charge >= 0.3 is 5.97 Å². The van der Waals surface area contributed by atoms with Crippen LogP contribution in [0, 0.1) is 0 Å². The van der Waals surface area contributed by atoms with Gasteiger partial charge in [-0.2, -0.15) is 0 Å². The van der Waals surface area contributed by atoms with Crippen molar-refractivity contribution in [3.8, 4) is 28.3 Å². The topological polar surface area (TPSA) is 61.3 Å². The maximum absolute atomic E-state index is 12.1. The number of carbonyl (C=O) groups is 1. The van der Waals surface area contributed by atoms with Gasteiger partial charge in [0.25, 0.3) is 0 Å². The van der Waals surface area contributed by atoms with Crippen molar-refractivity contribution in [1.82, 2.24) is 9.97 Å². The van der Waals surface area contributed by atoms with Crippen LogP contribution in [0.2, 0.25) is 0 Å². The summed E-state index contributed by atoms with van der Waals surface area (Å²) in [7, 11) is 0. The van der Waals surface area contributed by atoms with E-state index in [0.717, 1.165) is 42.4 Å². The van der Waals surface area contributed by atoms with Crippen molar-refractivity contribution in [3.05, 3.63) is 66.5 Å². The molecule has 0 fully saturated rings. The van der Waals surface area contributed by atoms with Crippen molar-refractivity contribution in [3.63, 3.8) is 0 Å². The van der Waals surface area contributed by atoms with E-state index in [0.29, 0.717) is 18.2 Å². The first-order valence-corrected chi connectivity index (χ1v) is 15.5. The van der Waals surface area contributed by atoms with E-state index in [9.17, 15) is 4.79 Å². The summed E-state index contributed by atoms with van der Waals surface area (Å²) in [4.78, 5) is 21.3. The van der Waals surface area contributed by atoms with Crippen LogP contribution in [0.3, 0.4) is 0 Å². The first-order valence-electron chi connectivity index (χ1n) is 15.5. The molecular weight excluding hydrogens is 496 g/mol. The van der Waals surface area contributed by atoms with Crippen LogP contribution in [-0.2, 0) is 16.0 Å². The normalized spacial score (nSPS) is 11.8. The van der Waals surface area contributed by atoms with Crippen molar-refractivity contribution in [1.29, 1.82) is 0 Å². The summed E-state index contributed by atoms with van der Waals surface area (Å²) < 4.78 is 11.0. The first kappa shape index (κ1) is 31.3. The highest BCUT2D eigenvalue weighted by molar-refractivity contribution is 5.74. The number of hydrogen-bond acceptors (Lipinski definition) is 5. The van der Waals surface area contributed by atoms with Crippen LogP contribution in [-0.4, -0.2) is 28.6 Å². The molecule has 0 amide bonds. The van der Waals surface area contributed by atoms with Gasteiger partial charge in [0.15, 0.2) is 11.9 Å². The molecule has 0 aliphatic rings. The summed E-state index contributed by atoms with van der Waals surface area (Å²) >= 11 is 0. The molecule has 0 radical (unpaired) electrons. The van der Waals surface area contributed by atoms with Gasteiger partial charge in [-0.3, -0.25) is 0 Å². The highest BCUT2D eigenvalue weighted by Gasteiger charge is 2.16. The predicted molar refractivity (Wildman–Crippen MR) is 164 cm³/mol. The van der Waals surface area contributed by atoms with Crippen molar-refractivity contribution in [2.45, 2.75) is 110 Å². The third kappa shape index (κ3) is 11.1. The van der Waals surface area contributed by atoms with Crippen molar-refractivity contribution in [2.75, 3.05) is 6.61 Å². The minimum Gasteiger partial charge on any atom is -0.479 e. The number of ether oxygens (including phenoxy) is 2. The number of rotatable bonds is 19. The monoisotopic (exact) mass is 544 g/mol. The molecule has 5 heteroatoms. The second kappa shape index (κ2) is 18.2. The van der Waals surface area contributed by atoms with E-state index in [2.05, 4.69) is 48.1 Å². The number of esters is 1. The largest absolute Gasteiger partial charge is 0.479 e. The summed E-state index contributed by atoms with van der Waals surface area (Å²) in [5.41, 5.74) is 4.42. The molecule has 5 nitrogen and oxygen atoms in total. The number of benzene rings is 2. The van der Waals surface area contributed by atoms with Gasteiger partial charge in [-0.05, 0) is 61.6 Å². The minimum absolute atomic E-state index is 0.337. The number of nitrogens with zero attached hydrogens (tertiary/aromatic N) is 2. The summed E-state index contributed by atoms with van der Waals surface area (Å²) in [6, 6.07) is 16.3. The zero-order valence-electron chi connectivity index (χ0n) is 24.9. The van der Waals surface area contributed by atoms with Crippen LogP contribution >= 0.6 is 0 Å². The van der Waals surface area contributed by atoms with E-state index < -0.39 is 6.10 Å². The Balaban J connectivity index is 1.42. The van der Waals surface area contributed by atoms with Crippen molar-refractivity contribution >= 4 is 5.97 Å². The molecule has 1 heterocycles. The Morgan fingerprint density at radius 2 is 1.23 bits per heavy atom. The zero-order chi connectivity index (χ0) is 28.4. The van der Waals surface area contributed by atoms with Gasteiger partial charge in [-0.25, -0.2) is 14.8 Å². The highest BCUT2D eigenvalue weighted by Crippen LogP contribution is 2.24. The minimum atomic E-state index is -0.653. The predicted octanol–water partition coefficient (Wildman–Crippen LogP) is 9.38. The maximum Gasteiger partial charge on any atom is 0.347 e. The highest BCUT2D eigenvalue weighted by atomic mass is 16.6.